The second kappa shape index (κ2) is 8.26. The Kier molecular flexibility index (Phi) is 6.34. The minimum Gasteiger partial charge on any atom is -0.481 e. The van der Waals surface area contributed by atoms with Gasteiger partial charge < -0.3 is 19.9 Å². The Balaban J connectivity index is 2.02. The Bertz CT molecular complexity index is 561. The van der Waals surface area contributed by atoms with Crippen LogP contribution in [-0.4, -0.2) is 41.8 Å². The van der Waals surface area contributed by atoms with Crippen LogP contribution in [0.1, 0.15) is 49.0 Å². The van der Waals surface area contributed by atoms with Crippen LogP contribution in [0.5, 0.6) is 0 Å². The first-order chi connectivity index (χ1) is 11.4. The monoisotopic (exact) mass is 335 g/mol. The first-order valence-electron chi connectivity index (χ1n) is 8.23. The van der Waals surface area contributed by atoms with Gasteiger partial charge in [-0.3, -0.25) is 9.59 Å². The lowest BCUT2D eigenvalue weighted by atomic mass is 9.86. The first kappa shape index (κ1) is 18.4. The standard InChI is InChI=1S/C18H25NO5/c1-13(2)24-12-14-3-5-15(6-4-14)17(22)19-18(11-16(20)21)7-9-23-10-8-18/h3-6,13H,7-12H2,1-2H3,(H,19,22)(H,20,21). The largest absolute Gasteiger partial charge is 0.481 e. The molecule has 0 aliphatic carbocycles. The van der Waals surface area contributed by atoms with Gasteiger partial charge in [-0.2, -0.15) is 0 Å². The number of ether oxygens (including phenoxy) is 2. The van der Waals surface area contributed by atoms with Crippen molar-refractivity contribution in [1.29, 1.82) is 0 Å². The van der Waals surface area contributed by atoms with E-state index in [1.807, 2.05) is 26.0 Å². The maximum absolute atomic E-state index is 12.5. The van der Waals surface area contributed by atoms with E-state index in [4.69, 9.17) is 14.6 Å². The summed E-state index contributed by atoms with van der Waals surface area (Å²) in [5.41, 5.74) is 0.770. The molecule has 0 aromatic heterocycles. The van der Waals surface area contributed by atoms with Crippen molar-refractivity contribution in [1.82, 2.24) is 5.32 Å². The number of rotatable bonds is 7. The lowest BCUT2D eigenvalue weighted by Gasteiger charge is -2.36. The fraction of sp³-hybridized carbons (Fsp3) is 0.556. The summed E-state index contributed by atoms with van der Waals surface area (Å²) in [6.07, 6.45) is 1.07. The lowest BCUT2D eigenvalue weighted by Crippen LogP contribution is -2.53. The van der Waals surface area contributed by atoms with Crippen LogP contribution < -0.4 is 5.32 Å². The van der Waals surface area contributed by atoms with E-state index in [0.29, 0.717) is 38.2 Å². The van der Waals surface area contributed by atoms with Gasteiger partial charge in [0.05, 0.1) is 24.7 Å². The molecule has 1 aromatic rings. The molecule has 132 valence electrons. The van der Waals surface area contributed by atoms with E-state index in [0.717, 1.165) is 5.56 Å². The second-order valence-electron chi connectivity index (χ2n) is 6.47. The third-order valence-electron chi connectivity index (χ3n) is 4.12. The average molecular weight is 335 g/mol. The minimum absolute atomic E-state index is 0.0948. The van der Waals surface area contributed by atoms with E-state index in [1.165, 1.54) is 0 Å². The highest BCUT2D eigenvalue weighted by atomic mass is 16.5. The molecule has 6 nitrogen and oxygen atoms in total. The number of carboxylic acid groups (broad SMARTS) is 1. The molecule has 0 atom stereocenters. The summed E-state index contributed by atoms with van der Waals surface area (Å²) in [6.45, 7) is 5.35. The molecule has 1 aliphatic rings. The SMILES string of the molecule is CC(C)OCc1ccc(C(=O)NC2(CC(=O)O)CCOCC2)cc1. The highest BCUT2D eigenvalue weighted by Gasteiger charge is 2.36. The molecule has 0 bridgehead atoms. The number of carbonyl (C=O) groups is 2. The summed E-state index contributed by atoms with van der Waals surface area (Å²) in [6, 6.07) is 7.18. The number of nitrogens with one attached hydrogen (secondary N) is 1. The van der Waals surface area contributed by atoms with Crippen LogP contribution in [0, 0.1) is 0 Å². The smallest absolute Gasteiger partial charge is 0.305 e. The van der Waals surface area contributed by atoms with Crippen molar-refractivity contribution in [3.63, 3.8) is 0 Å². The van der Waals surface area contributed by atoms with Gasteiger partial charge in [-0.15, -0.1) is 0 Å². The first-order valence-corrected chi connectivity index (χ1v) is 8.23. The van der Waals surface area contributed by atoms with Crippen molar-refractivity contribution in [3.8, 4) is 0 Å². The topological polar surface area (TPSA) is 84.9 Å². The molecule has 0 unspecified atom stereocenters. The van der Waals surface area contributed by atoms with E-state index >= 15 is 0 Å². The Morgan fingerprint density at radius 1 is 1.25 bits per heavy atom. The predicted octanol–water partition coefficient (Wildman–Crippen LogP) is 2.37. The molecule has 1 fully saturated rings. The summed E-state index contributed by atoms with van der Waals surface area (Å²) >= 11 is 0. The lowest BCUT2D eigenvalue weighted by molar-refractivity contribution is -0.139. The molecule has 0 saturated carbocycles. The summed E-state index contributed by atoms with van der Waals surface area (Å²) in [5, 5.41) is 12.1. The molecule has 0 spiro atoms. The van der Waals surface area contributed by atoms with Gasteiger partial charge in [-0.25, -0.2) is 0 Å². The Labute approximate surface area is 142 Å². The van der Waals surface area contributed by atoms with Gasteiger partial charge in [0.1, 0.15) is 0 Å². The molecule has 24 heavy (non-hydrogen) atoms. The molecule has 1 saturated heterocycles. The number of benzene rings is 1. The zero-order chi connectivity index (χ0) is 17.6. The van der Waals surface area contributed by atoms with E-state index in [2.05, 4.69) is 5.32 Å². The third-order valence-corrected chi connectivity index (χ3v) is 4.12. The van der Waals surface area contributed by atoms with Crippen molar-refractivity contribution in [2.45, 2.75) is 51.4 Å². The summed E-state index contributed by atoms with van der Waals surface area (Å²) < 4.78 is 10.8. The number of hydrogen-bond acceptors (Lipinski definition) is 4. The van der Waals surface area contributed by atoms with Crippen LogP contribution in [0.15, 0.2) is 24.3 Å². The van der Waals surface area contributed by atoms with Crippen LogP contribution in [0.4, 0.5) is 0 Å². The van der Waals surface area contributed by atoms with Gasteiger partial charge in [0, 0.05) is 18.8 Å². The number of aliphatic carboxylic acids is 1. The van der Waals surface area contributed by atoms with Gasteiger partial charge in [-0.05, 0) is 44.4 Å². The van der Waals surface area contributed by atoms with E-state index < -0.39 is 11.5 Å². The molecule has 2 rings (SSSR count). The number of hydrogen-bond donors (Lipinski definition) is 2. The zero-order valence-electron chi connectivity index (χ0n) is 14.2. The van der Waals surface area contributed by atoms with Gasteiger partial charge in [-0.1, -0.05) is 12.1 Å². The summed E-state index contributed by atoms with van der Waals surface area (Å²) in [4.78, 5) is 23.7. The molecule has 1 aliphatic heterocycles. The van der Waals surface area contributed by atoms with Gasteiger partial charge in [0.15, 0.2) is 0 Å². The maximum Gasteiger partial charge on any atom is 0.305 e. The molecule has 1 aromatic carbocycles. The van der Waals surface area contributed by atoms with Crippen molar-refractivity contribution >= 4 is 11.9 Å². The zero-order valence-corrected chi connectivity index (χ0v) is 14.2. The normalized spacial score (nSPS) is 16.8. The Hall–Kier alpha value is -1.92. The van der Waals surface area contributed by atoms with E-state index in [9.17, 15) is 9.59 Å². The summed E-state index contributed by atoms with van der Waals surface area (Å²) in [5.74, 6) is -1.17. The van der Waals surface area contributed by atoms with Gasteiger partial charge >= 0.3 is 5.97 Å². The third kappa shape index (κ3) is 5.32. The van der Waals surface area contributed by atoms with Gasteiger partial charge in [0.25, 0.3) is 5.91 Å². The Morgan fingerprint density at radius 2 is 1.88 bits per heavy atom. The van der Waals surface area contributed by atoms with Crippen LogP contribution in [0.3, 0.4) is 0 Å². The van der Waals surface area contributed by atoms with E-state index in [1.54, 1.807) is 12.1 Å². The second-order valence-corrected chi connectivity index (χ2v) is 6.47. The molecular formula is C18H25NO5. The Morgan fingerprint density at radius 3 is 2.42 bits per heavy atom. The van der Waals surface area contributed by atoms with Crippen LogP contribution >= 0.6 is 0 Å². The van der Waals surface area contributed by atoms with Gasteiger partial charge in [0.2, 0.25) is 0 Å². The number of carbonyl (C=O) groups excluding carboxylic acids is 1. The molecule has 0 radical (unpaired) electrons. The molecule has 6 heteroatoms. The molecule has 1 heterocycles. The average Bonchev–Trinajstić information content (AvgIpc) is 2.53. The maximum atomic E-state index is 12.5. The molecule has 2 N–H and O–H groups in total. The van der Waals surface area contributed by atoms with Crippen molar-refractivity contribution in [2.75, 3.05) is 13.2 Å². The molecule has 1 amide bonds. The predicted molar refractivity (Wildman–Crippen MR) is 88.9 cm³/mol. The van der Waals surface area contributed by atoms with Crippen LogP contribution in [0.2, 0.25) is 0 Å². The van der Waals surface area contributed by atoms with E-state index in [-0.39, 0.29) is 18.4 Å². The summed E-state index contributed by atoms with van der Waals surface area (Å²) in [7, 11) is 0. The van der Waals surface area contributed by atoms with Crippen molar-refractivity contribution in [2.24, 2.45) is 0 Å². The quantitative estimate of drug-likeness (QED) is 0.799. The van der Waals surface area contributed by atoms with Crippen molar-refractivity contribution in [3.05, 3.63) is 35.4 Å². The van der Waals surface area contributed by atoms with Crippen molar-refractivity contribution < 1.29 is 24.2 Å². The fourth-order valence-electron chi connectivity index (χ4n) is 2.73. The molecular weight excluding hydrogens is 310 g/mol. The van der Waals surface area contributed by atoms with Crippen LogP contribution in [0.25, 0.3) is 0 Å². The number of carboxylic acids is 1. The van der Waals surface area contributed by atoms with Crippen LogP contribution in [-0.2, 0) is 20.9 Å². The minimum atomic E-state index is -0.918. The highest BCUT2D eigenvalue weighted by molar-refractivity contribution is 5.95. The number of amides is 1. The highest BCUT2D eigenvalue weighted by Crippen LogP contribution is 2.25. The fourth-order valence-corrected chi connectivity index (χ4v) is 2.73.